The van der Waals surface area contributed by atoms with E-state index in [-0.39, 0.29) is 24.6 Å². The summed E-state index contributed by atoms with van der Waals surface area (Å²) in [5.41, 5.74) is 0.991. The van der Waals surface area contributed by atoms with E-state index >= 15 is 0 Å². The third kappa shape index (κ3) is 5.62. The van der Waals surface area contributed by atoms with Crippen molar-refractivity contribution in [1.82, 2.24) is 4.31 Å². The first-order chi connectivity index (χ1) is 10.5. The molecule has 120 valence electrons. The lowest BCUT2D eigenvalue weighted by Gasteiger charge is -2.18. The monoisotopic (exact) mass is 323 g/mol. The van der Waals surface area contributed by atoms with Crippen LogP contribution in [0.4, 0.5) is 0 Å². The van der Waals surface area contributed by atoms with Crippen molar-refractivity contribution in [3.8, 4) is 11.8 Å². The zero-order valence-electron chi connectivity index (χ0n) is 12.8. The van der Waals surface area contributed by atoms with Crippen molar-refractivity contribution in [2.24, 2.45) is 0 Å². The van der Waals surface area contributed by atoms with Crippen LogP contribution < -0.4 is 0 Å². The fourth-order valence-electron chi connectivity index (χ4n) is 1.66. The minimum atomic E-state index is -3.63. The molecule has 1 rings (SSSR count). The first-order valence-corrected chi connectivity index (χ1v) is 8.23. The van der Waals surface area contributed by atoms with Crippen molar-refractivity contribution >= 4 is 10.0 Å². The molecule has 0 spiro atoms. The Hall–Kier alpha value is -1.65. The van der Waals surface area contributed by atoms with E-state index in [1.165, 1.54) is 4.31 Å². The number of aliphatic hydroxyl groups excluding tert-OH is 1. The Morgan fingerprint density at radius 2 is 1.91 bits per heavy atom. The average molecular weight is 323 g/mol. The van der Waals surface area contributed by atoms with Crippen molar-refractivity contribution in [1.29, 1.82) is 0 Å². The standard InChI is InChI=1S/C16H21NO4S/c1-15-7-9-16(10-8-15)22(19,20)17(11-3-5-13-18)12-4-6-14-21-2/h4,6-10,18H,11-14H2,1-2H3/b6-4-. The number of sulfonamides is 1. The van der Waals surface area contributed by atoms with E-state index in [9.17, 15) is 8.42 Å². The van der Waals surface area contributed by atoms with Gasteiger partial charge in [-0.25, -0.2) is 8.42 Å². The smallest absolute Gasteiger partial charge is 0.244 e. The molecule has 0 saturated carbocycles. The molecule has 1 aromatic rings. The predicted molar refractivity (Wildman–Crippen MR) is 85.8 cm³/mol. The van der Waals surface area contributed by atoms with E-state index in [2.05, 4.69) is 11.8 Å². The van der Waals surface area contributed by atoms with Crippen LogP contribution in [0, 0.1) is 18.8 Å². The molecular formula is C16H21NO4S. The van der Waals surface area contributed by atoms with E-state index in [0.717, 1.165) is 5.56 Å². The normalized spacial score (nSPS) is 11.6. The van der Waals surface area contributed by atoms with Crippen molar-refractivity contribution < 1.29 is 18.3 Å². The summed E-state index contributed by atoms with van der Waals surface area (Å²) in [6, 6.07) is 6.67. The van der Waals surface area contributed by atoms with Gasteiger partial charge in [-0.15, -0.1) is 0 Å². The minimum absolute atomic E-state index is 0.0219. The molecule has 0 bridgehead atoms. The van der Waals surface area contributed by atoms with E-state index in [1.807, 2.05) is 6.92 Å². The molecule has 0 atom stereocenters. The fourth-order valence-corrected chi connectivity index (χ4v) is 2.96. The van der Waals surface area contributed by atoms with Gasteiger partial charge in [-0.2, -0.15) is 4.31 Å². The maximum absolute atomic E-state index is 12.6. The number of aryl methyl sites for hydroxylation is 1. The highest BCUT2D eigenvalue weighted by molar-refractivity contribution is 7.89. The Bertz CT molecular complexity index is 639. The zero-order chi connectivity index (χ0) is 16.4. The van der Waals surface area contributed by atoms with Crippen LogP contribution in [0.2, 0.25) is 0 Å². The molecular weight excluding hydrogens is 302 g/mol. The van der Waals surface area contributed by atoms with Gasteiger partial charge in [0.2, 0.25) is 10.0 Å². The number of ether oxygens (including phenoxy) is 1. The lowest BCUT2D eigenvalue weighted by Crippen LogP contribution is -2.31. The Labute approximate surface area is 132 Å². The van der Waals surface area contributed by atoms with Gasteiger partial charge in [0, 0.05) is 13.7 Å². The molecule has 0 aliphatic rings. The highest BCUT2D eigenvalue weighted by Crippen LogP contribution is 2.16. The van der Waals surface area contributed by atoms with Gasteiger partial charge >= 0.3 is 0 Å². The molecule has 0 fully saturated rings. The van der Waals surface area contributed by atoms with Crippen LogP contribution in [0.25, 0.3) is 0 Å². The van der Waals surface area contributed by atoms with Crippen LogP contribution in [0.5, 0.6) is 0 Å². The second-order valence-corrected chi connectivity index (χ2v) is 6.49. The lowest BCUT2D eigenvalue weighted by molar-refractivity contribution is 0.233. The van der Waals surface area contributed by atoms with Crippen LogP contribution in [0.3, 0.4) is 0 Å². The maximum atomic E-state index is 12.6. The molecule has 0 unspecified atom stereocenters. The van der Waals surface area contributed by atoms with Gasteiger partial charge < -0.3 is 9.84 Å². The molecule has 0 heterocycles. The van der Waals surface area contributed by atoms with Gasteiger partial charge in [-0.1, -0.05) is 41.7 Å². The SMILES string of the molecule is COC/C=C\CN(CC#CCO)S(=O)(=O)c1ccc(C)cc1. The van der Waals surface area contributed by atoms with Crippen LogP contribution in [0.1, 0.15) is 5.56 Å². The number of nitrogens with zero attached hydrogens (tertiary/aromatic N) is 1. The highest BCUT2D eigenvalue weighted by atomic mass is 32.2. The molecule has 22 heavy (non-hydrogen) atoms. The van der Waals surface area contributed by atoms with Crippen molar-refractivity contribution in [2.75, 3.05) is 33.4 Å². The van der Waals surface area contributed by atoms with E-state index < -0.39 is 10.0 Å². The summed E-state index contributed by atoms with van der Waals surface area (Å²) in [7, 11) is -2.06. The second kappa shape index (κ2) is 9.38. The molecule has 0 amide bonds. The largest absolute Gasteiger partial charge is 0.384 e. The summed E-state index contributed by atoms with van der Waals surface area (Å²) in [5, 5.41) is 8.70. The fraction of sp³-hybridized carbons (Fsp3) is 0.375. The van der Waals surface area contributed by atoms with Gasteiger partial charge in [-0.05, 0) is 19.1 Å². The van der Waals surface area contributed by atoms with Gasteiger partial charge in [-0.3, -0.25) is 0 Å². The van der Waals surface area contributed by atoms with Gasteiger partial charge in [0.15, 0.2) is 0 Å². The number of hydrogen-bond donors (Lipinski definition) is 1. The zero-order valence-corrected chi connectivity index (χ0v) is 13.6. The number of methoxy groups -OCH3 is 1. The Morgan fingerprint density at radius 1 is 1.23 bits per heavy atom. The number of aliphatic hydroxyl groups is 1. The molecule has 0 aromatic heterocycles. The minimum Gasteiger partial charge on any atom is -0.384 e. The first-order valence-electron chi connectivity index (χ1n) is 6.79. The molecule has 1 aromatic carbocycles. The Balaban J connectivity index is 2.98. The Kier molecular flexibility index (Phi) is 7.85. The van der Waals surface area contributed by atoms with Crippen LogP contribution in [-0.4, -0.2) is 51.2 Å². The molecule has 0 aliphatic heterocycles. The second-order valence-electron chi connectivity index (χ2n) is 4.55. The molecule has 6 heteroatoms. The Morgan fingerprint density at radius 3 is 2.50 bits per heavy atom. The third-order valence-electron chi connectivity index (χ3n) is 2.86. The quantitative estimate of drug-likeness (QED) is 0.604. The summed E-state index contributed by atoms with van der Waals surface area (Å²) in [5.74, 6) is 5.11. The summed E-state index contributed by atoms with van der Waals surface area (Å²) >= 11 is 0. The summed E-state index contributed by atoms with van der Waals surface area (Å²) < 4.78 is 31.4. The lowest BCUT2D eigenvalue weighted by atomic mass is 10.2. The third-order valence-corrected chi connectivity index (χ3v) is 4.68. The summed E-state index contributed by atoms with van der Waals surface area (Å²) in [6.45, 7) is 2.24. The van der Waals surface area contributed by atoms with Gasteiger partial charge in [0.25, 0.3) is 0 Å². The van der Waals surface area contributed by atoms with Crippen molar-refractivity contribution in [3.05, 3.63) is 42.0 Å². The first kappa shape index (κ1) is 18.4. The van der Waals surface area contributed by atoms with Gasteiger partial charge in [0.05, 0.1) is 18.0 Å². The summed E-state index contributed by atoms with van der Waals surface area (Å²) in [4.78, 5) is 0.226. The van der Waals surface area contributed by atoms with Crippen LogP contribution >= 0.6 is 0 Å². The molecule has 0 radical (unpaired) electrons. The predicted octanol–water partition coefficient (Wildman–Crippen LogP) is 1.18. The molecule has 0 aliphatic carbocycles. The van der Waals surface area contributed by atoms with Crippen molar-refractivity contribution in [2.45, 2.75) is 11.8 Å². The topological polar surface area (TPSA) is 66.8 Å². The maximum Gasteiger partial charge on any atom is 0.244 e. The van der Waals surface area contributed by atoms with Crippen LogP contribution in [0.15, 0.2) is 41.3 Å². The molecule has 5 nitrogen and oxygen atoms in total. The van der Waals surface area contributed by atoms with Crippen molar-refractivity contribution in [3.63, 3.8) is 0 Å². The summed E-state index contributed by atoms with van der Waals surface area (Å²) in [6.07, 6.45) is 3.47. The van der Waals surface area contributed by atoms with E-state index in [1.54, 1.807) is 43.5 Å². The molecule has 0 saturated heterocycles. The van der Waals surface area contributed by atoms with Crippen LogP contribution in [-0.2, 0) is 14.8 Å². The van der Waals surface area contributed by atoms with E-state index in [4.69, 9.17) is 9.84 Å². The number of rotatable bonds is 7. The van der Waals surface area contributed by atoms with Gasteiger partial charge in [0.1, 0.15) is 6.61 Å². The number of hydrogen-bond acceptors (Lipinski definition) is 4. The average Bonchev–Trinajstić information content (AvgIpc) is 2.50. The highest BCUT2D eigenvalue weighted by Gasteiger charge is 2.22. The number of benzene rings is 1. The van der Waals surface area contributed by atoms with E-state index in [0.29, 0.717) is 6.61 Å². The molecule has 1 N–H and O–H groups in total.